The zero-order valence-electron chi connectivity index (χ0n) is 12.3. The van der Waals surface area contributed by atoms with Crippen LogP contribution in [0.5, 0.6) is 0 Å². The predicted molar refractivity (Wildman–Crippen MR) is 79.7 cm³/mol. The first-order valence-corrected chi connectivity index (χ1v) is 7.67. The zero-order valence-corrected chi connectivity index (χ0v) is 12.3. The Kier molecular flexibility index (Phi) is 3.90. The molecule has 1 saturated carbocycles. The molecule has 0 spiro atoms. The summed E-state index contributed by atoms with van der Waals surface area (Å²) in [5.74, 6) is 1.13. The maximum Gasteiger partial charge on any atom is 0.248 e. The maximum absolute atomic E-state index is 12.4. The van der Waals surface area contributed by atoms with Crippen molar-refractivity contribution in [3.8, 4) is 0 Å². The topological polar surface area (TPSA) is 62.3 Å². The summed E-state index contributed by atoms with van der Waals surface area (Å²) in [7, 11) is 0. The molecule has 1 aliphatic carbocycles. The van der Waals surface area contributed by atoms with Crippen molar-refractivity contribution in [3.63, 3.8) is 0 Å². The summed E-state index contributed by atoms with van der Waals surface area (Å²) >= 11 is 0. The molecular weight excluding hydrogens is 266 g/mol. The van der Waals surface area contributed by atoms with E-state index < -0.39 is 0 Å². The molecule has 1 aromatic heterocycles. The Balaban J connectivity index is 1.63. The van der Waals surface area contributed by atoms with E-state index >= 15 is 0 Å². The molecular formula is C16H21N3O2. The second-order valence-electron chi connectivity index (χ2n) is 6.05. The summed E-state index contributed by atoms with van der Waals surface area (Å²) in [5.41, 5.74) is 0.862. The molecule has 3 rings (SSSR count). The fourth-order valence-corrected chi connectivity index (χ4v) is 2.85. The van der Waals surface area contributed by atoms with Crippen LogP contribution < -0.4 is 5.32 Å². The fraction of sp³-hybridized carbons (Fsp3) is 0.562. The number of aromatic nitrogens is 1. The summed E-state index contributed by atoms with van der Waals surface area (Å²) in [6.45, 7) is 2.58. The molecule has 2 fully saturated rings. The number of hydrogen-bond acceptors (Lipinski definition) is 3. The number of likely N-dealkylation sites (tertiary alicyclic amines) is 1. The predicted octanol–water partition coefficient (Wildman–Crippen LogP) is 2.12. The Morgan fingerprint density at radius 2 is 2.14 bits per heavy atom. The minimum atomic E-state index is -0.335. The molecule has 2 heterocycles. The SMILES string of the molecule is Cc1cccc(NC(=O)[C@@H]2CCCN2C(=O)CC2CC2)n1. The van der Waals surface area contributed by atoms with Gasteiger partial charge in [-0.1, -0.05) is 6.07 Å². The van der Waals surface area contributed by atoms with Crippen molar-refractivity contribution in [1.29, 1.82) is 0 Å². The van der Waals surface area contributed by atoms with Crippen molar-refractivity contribution < 1.29 is 9.59 Å². The Labute approximate surface area is 124 Å². The number of nitrogens with zero attached hydrogens (tertiary/aromatic N) is 2. The van der Waals surface area contributed by atoms with E-state index in [2.05, 4.69) is 10.3 Å². The van der Waals surface area contributed by atoms with Crippen LogP contribution in [0.4, 0.5) is 5.82 Å². The van der Waals surface area contributed by atoms with Gasteiger partial charge in [-0.05, 0) is 50.7 Å². The number of anilines is 1. The van der Waals surface area contributed by atoms with Crippen molar-refractivity contribution in [2.24, 2.45) is 5.92 Å². The summed E-state index contributed by atoms with van der Waals surface area (Å²) in [6, 6.07) is 5.19. The second kappa shape index (κ2) is 5.84. The number of amides is 2. The molecule has 2 amide bonds. The van der Waals surface area contributed by atoms with E-state index in [1.54, 1.807) is 11.0 Å². The minimum Gasteiger partial charge on any atom is -0.331 e. The lowest BCUT2D eigenvalue weighted by Crippen LogP contribution is -2.43. The third-order valence-corrected chi connectivity index (χ3v) is 4.18. The minimum absolute atomic E-state index is 0.116. The molecule has 0 aromatic carbocycles. The van der Waals surface area contributed by atoms with E-state index in [1.807, 2.05) is 19.1 Å². The van der Waals surface area contributed by atoms with Crippen LogP contribution >= 0.6 is 0 Å². The summed E-state index contributed by atoms with van der Waals surface area (Å²) in [4.78, 5) is 30.7. The van der Waals surface area contributed by atoms with Gasteiger partial charge in [-0.15, -0.1) is 0 Å². The van der Waals surface area contributed by atoms with Crippen LogP contribution in [-0.4, -0.2) is 34.3 Å². The van der Waals surface area contributed by atoms with Crippen molar-refractivity contribution in [2.75, 3.05) is 11.9 Å². The first kappa shape index (κ1) is 14.0. The molecule has 0 radical (unpaired) electrons. The zero-order chi connectivity index (χ0) is 14.8. The smallest absolute Gasteiger partial charge is 0.248 e. The molecule has 1 aromatic rings. The van der Waals surface area contributed by atoms with Gasteiger partial charge < -0.3 is 10.2 Å². The number of carbonyl (C=O) groups excluding carboxylic acids is 2. The highest BCUT2D eigenvalue weighted by molar-refractivity contribution is 5.97. The monoisotopic (exact) mass is 287 g/mol. The summed E-state index contributed by atoms with van der Waals surface area (Å²) in [5, 5.41) is 2.83. The van der Waals surface area contributed by atoms with Crippen LogP contribution in [0.2, 0.25) is 0 Å². The van der Waals surface area contributed by atoms with Crippen LogP contribution in [0.25, 0.3) is 0 Å². The van der Waals surface area contributed by atoms with Crippen LogP contribution in [0.15, 0.2) is 18.2 Å². The molecule has 1 N–H and O–H groups in total. The molecule has 5 nitrogen and oxygen atoms in total. The van der Waals surface area contributed by atoms with Crippen LogP contribution in [0.1, 0.15) is 37.8 Å². The van der Waals surface area contributed by atoms with Crippen molar-refractivity contribution in [3.05, 3.63) is 23.9 Å². The quantitative estimate of drug-likeness (QED) is 0.922. The number of hydrogen-bond donors (Lipinski definition) is 1. The van der Waals surface area contributed by atoms with Gasteiger partial charge in [0.25, 0.3) is 0 Å². The highest BCUT2D eigenvalue weighted by Crippen LogP contribution is 2.34. The third-order valence-electron chi connectivity index (χ3n) is 4.18. The molecule has 1 atom stereocenters. The van der Waals surface area contributed by atoms with Gasteiger partial charge in [0.1, 0.15) is 11.9 Å². The maximum atomic E-state index is 12.4. The normalized spacial score (nSPS) is 21.4. The highest BCUT2D eigenvalue weighted by Gasteiger charge is 2.36. The fourth-order valence-electron chi connectivity index (χ4n) is 2.85. The third kappa shape index (κ3) is 3.40. The van der Waals surface area contributed by atoms with Crippen LogP contribution in [0.3, 0.4) is 0 Å². The van der Waals surface area contributed by atoms with Crippen LogP contribution in [0, 0.1) is 12.8 Å². The first-order valence-electron chi connectivity index (χ1n) is 7.67. The standard InChI is InChI=1S/C16H21N3O2/c1-11-4-2-6-14(17-11)18-16(21)13-5-3-9-19(13)15(20)10-12-7-8-12/h2,4,6,12-13H,3,5,7-10H2,1H3,(H,17,18,21)/t13-/m0/s1. The largest absolute Gasteiger partial charge is 0.331 e. The number of aryl methyl sites for hydroxylation is 1. The molecule has 0 unspecified atom stereocenters. The first-order chi connectivity index (χ1) is 10.1. The number of nitrogens with one attached hydrogen (secondary N) is 1. The van der Waals surface area contributed by atoms with Gasteiger partial charge in [0.15, 0.2) is 0 Å². The van der Waals surface area contributed by atoms with Crippen molar-refractivity contribution in [2.45, 2.75) is 45.1 Å². The van der Waals surface area contributed by atoms with Gasteiger partial charge in [0.2, 0.25) is 11.8 Å². The van der Waals surface area contributed by atoms with Gasteiger partial charge in [-0.2, -0.15) is 0 Å². The Bertz CT molecular complexity index is 554. The highest BCUT2D eigenvalue weighted by atomic mass is 16.2. The summed E-state index contributed by atoms with van der Waals surface area (Å²) < 4.78 is 0. The van der Waals surface area contributed by atoms with Crippen molar-refractivity contribution in [1.82, 2.24) is 9.88 Å². The Morgan fingerprint density at radius 3 is 2.86 bits per heavy atom. The van der Waals surface area contributed by atoms with Crippen molar-refractivity contribution >= 4 is 17.6 Å². The van der Waals surface area contributed by atoms with E-state index in [0.717, 1.165) is 31.4 Å². The van der Waals surface area contributed by atoms with E-state index in [4.69, 9.17) is 0 Å². The molecule has 1 aliphatic heterocycles. The van der Waals surface area contributed by atoms with Gasteiger partial charge in [-0.25, -0.2) is 4.98 Å². The lowest BCUT2D eigenvalue weighted by Gasteiger charge is -2.23. The number of rotatable bonds is 4. The van der Waals surface area contributed by atoms with E-state index in [0.29, 0.717) is 24.7 Å². The summed E-state index contributed by atoms with van der Waals surface area (Å²) in [6.07, 6.45) is 4.56. The molecule has 2 aliphatic rings. The average Bonchev–Trinajstić information content (AvgIpc) is 3.11. The van der Waals surface area contributed by atoms with E-state index in [1.165, 1.54) is 0 Å². The molecule has 21 heavy (non-hydrogen) atoms. The van der Waals surface area contributed by atoms with Gasteiger partial charge in [-0.3, -0.25) is 9.59 Å². The Hall–Kier alpha value is -1.91. The lowest BCUT2D eigenvalue weighted by molar-refractivity contribution is -0.136. The second-order valence-corrected chi connectivity index (χ2v) is 6.05. The van der Waals surface area contributed by atoms with Gasteiger partial charge >= 0.3 is 0 Å². The molecule has 0 bridgehead atoms. The number of carbonyl (C=O) groups is 2. The van der Waals surface area contributed by atoms with E-state index in [9.17, 15) is 9.59 Å². The van der Waals surface area contributed by atoms with Gasteiger partial charge in [0.05, 0.1) is 0 Å². The number of pyridine rings is 1. The lowest BCUT2D eigenvalue weighted by atomic mass is 10.2. The molecule has 5 heteroatoms. The van der Waals surface area contributed by atoms with Gasteiger partial charge in [0, 0.05) is 18.7 Å². The molecule has 1 saturated heterocycles. The van der Waals surface area contributed by atoms with Crippen LogP contribution in [-0.2, 0) is 9.59 Å². The van der Waals surface area contributed by atoms with E-state index in [-0.39, 0.29) is 17.9 Å². The molecule has 112 valence electrons. The average molecular weight is 287 g/mol. The Morgan fingerprint density at radius 1 is 1.33 bits per heavy atom.